The largest absolute Gasteiger partial charge is 0.478 e. The first kappa shape index (κ1) is 11.7. The van der Waals surface area contributed by atoms with Crippen molar-refractivity contribution in [2.24, 2.45) is 0 Å². The second kappa shape index (κ2) is 4.40. The maximum absolute atomic E-state index is 11.0. The fourth-order valence-corrected chi connectivity index (χ4v) is 2.23. The number of aromatic amines is 1. The van der Waals surface area contributed by atoms with Crippen molar-refractivity contribution < 1.29 is 9.90 Å². The first-order chi connectivity index (χ1) is 9.16. The summed E-state index contributed by atoms with van der Waals surface area (Å²) in [6.07, 6.45) is 0. The van der Waals surface area contributed by atoms with Crippen LogP contribution in [0.15, 0.2) is 42.5 Å². The van der Waals surface area contributed by atoms with Gasteiger partial charge in [0.25, 0.3) is 0 Å². The van der Waals surface area contributed by atoms with E-state index in [1.165, 1.54) is 0 Å². The van der Waals surface area contributed by atoms with Gasteiger partial charge in [-0.15, -0.1) is 0 Å². The van der Waals surface area contributed by atoms with Crippen molar-refractivity contribution in [3.8, 4) is 11.3 Å². The van der Waals surface area contributed by atoms with Crippen LogP contribution in [0.1, 0.15) is 10.4 Å². The molecule has 0 saturated heterocycles. The number of nitrogens with one attached hydrogen (secondary N) is 1. The molecule has 94 valence electrons. The number of aromatic carboxylic acids is 1. The maximum Gasteiger partial charge on any atom is 0.335 e. The van der Waals surface area contributed by atoms with Gasteiger partial charge >= 0.3 is 5.97 Å². The van der Waals surface area contributed by atoms with Crippen LogP contribution in [0, 0.1) is 0 Å². The molecule has 0 radical (unpaired) electrons. The summed E-state index contributed by atoms with van der Waals surface area (Å²) >= 11 is 6.15. The number of carbonyl (C=O) groups is 1. The van der Waals surface area contributed by atoms with E-state index < -0.39 is 5.97 Å². The average molecular weight is 273 g/mol. The zero-order chi connectivity index (χ0) is 13.4. The standard InChI is InChI=1S/C14H9ClN2O2/c15-11-4-2-1-3-9(11)13-10-7-8(14(18)19)5-6-12(10)16-17-13/h1-7H,(H,16,17)(H,18,19). The van der Waals surface area contributed by atoms with Gasteiger partial charge in [-0.2, -0.15) is 5.10 Å². The summed E-state index contributed by atoms with van der Waals surface area (Å²) in [6.45, 7) is 0. The highest BCUT2D eigenvalue weighted by molar-refractivity contribution is 6.33. The second-order valence-corrected chi connectivity index (χ2v) is 4.52. The van der Waals surface area contributed by atoms with E-state index in [1.807, 2.05) is 18.2 Å². The quantitative estimate of drug-likeness (QED) is 0.749. The van der Waals surface area contributed by atoms with Gasteiger partial charge < -0.3 is 5.11 Å². The Balaban J connectivity index is 2.27. The smallest absolute Gasteiger partial charge is 0.335 e. The van der Waals surface area contributed by atoms with Crippen LogP contribution in [0.25, 0.3) is 22.2 Å². The molecule has 5 heteroatoms. The van der Waals surface area contributed by atoms with Crippen LogP contribution >= 0.6 is 11.6 Å². The van der Waals surface area contributed by atoms with Gasteiger partial charge in [-0.25, -0.2) is 4.79 Å². The molecule has 0 aliphatic heterocycles. The molecule has 1 heterocycles. The molecule has 0 unspecified atom stereocenters. The summed E-state index contributed by atoms with van der Waals surface area (Å²) in [5, 5.41) is 17.5. The van der Waals surface area contributed by atoms with E-state index in [1.54, 1.807) is 24.3 Å². The highest BCUT2D eigenvalue weighted by Crippen LogP contribution is 2.31. The van der Waals surface area contributed by atoms with Crippen molar-refractivity contribution in [2.45, 2.75) is 0 Å². The molecule has 19 heavy (non-hydrogen) atoms. The lowest BCUT2D eigenvalue weighted by Gasteiger charge is -2.01. The van der Waals surface area contributed by atoms with Crippen molar-refractivity contribution >= 4 is 28.5 Å². The summed E-state index contributed by atoms with van der Waals surface area (Å²) in [5.74, 6) is -0.965. The van der Waals surface area contributed by atoms with Crippen molar-refractivity contribution in [2.75, 3.05) is 0 Å². The Kier molecular flexibility index (Phi) is 2.72. The number of nitrogens with zero attached hydrogens (tertiary/aromatic N) is 1. The number of hydrogen-bond donors (Lipinski definition) is 2. The zero-order valence-corrected chi connectivity index (χ0v) is 10.5. The maximum atomic E-state index is 11.0. The van der Waals surface area contributed by atoms with E-state index in [4.69, 9.17) is 16.7 Å². The summed E-state index contributed by atoms with van der Waals surface area (Å²) in [5.41, 5.74) is 2.43. The molecule has 0 aliphatic rings. The summed E-state index contributed by atoms with van der Waals surface area (Å²) in [7, 11) is 0. The Morgan fingerprint density at radius 3 is 2.74 bits per heavy atom. The lowest BCUT2D eigenvalue weighted by atomic mass is 10.1. The minimum absolute atomic E-state index is 0.224. The molecule has 2 N–H and O–H groups in total. The van der Waals surface area contributed by atoms with E-state index in [0.29, 0.717) is 10.7 Å². The Morgan fingerprint density at radius 1 is 1.21 bits per heavy atom. The van der Waals surface area contributed by atoms with E-state index in [9.17, 15) is 4.79 Å². The first-order valence-electron chi connectivity index (χ1n) is 5.63. The van der Waals surface area contributed by atoms with Crippen LogP contribution in [-0.4, -0.2) is 21.3 Å². The van der Waals surface area contributed by atoms with Gasteiger partial charge in [-0.1, -0.05) is 29.8 Å². The molecule has 0 saturated carbocycles. The Hall–Kier alpha value is -2.33. The highest BCUT2D eigenvalue weighted by atomic mass is 35.5. The van der Waals surface area contributed by atoms with Gasteiger partial charge in [0.05, 0.1) is 16.1 Å². The minimum Gasteiger partial charge on any atom is -0.478 e. The van der Waals surface area contributed by atoms with Gasteiger partial charge in [-0.05, 0) is 24.3 Å². The number of benzene rings is 2. The monoisotopic (exact) mass is 272 g/mol. The van der Waals surface area contributed by atoms with Crippen LogP contribution < -0.4 is 0 Å². The Bertz CT molecular complexity index is 780. The van der Waals surface area contributed by atoms with Crippen LogP contribution in [0.2, 0.25) is 5.02 Å². The molecule has 0 atom stereocenters. The number of hydrogen-bond acceptors (Lipinski definition) is 2. The second-order valence-electron chi connectivity index (χ2n) is 4.12. The van der Waals surface area contributed by atoms with E-state index in [2.05, 4.69) is 10.2 Å². The molecular weight excluding hydrogens is 264 g/mol. The Labute approximate surface area is 113 Å². The third-order valence-electron chi connectivity index (χ3n) is 2.94. The first-order valence-corrected chi connectivity index (χ1v) is 6.01. The summed E-state index contributed by atoms with van der Waals surface area (Å²) in [6, 6.07) is 12.2. The van der Waals surface area contributed by atoms with Gasteiger partial charge in [-0.3, -0.25) is 5.10 Å². The van der Waals surface area contributed by atoms with Crippen LogP contribution in [0.4, 0.5) is 0 Å². The van der Waals surface area contributed by atoms with E-state index in [-0.39, 0.29) is 5.56 Å². The summed E-state index contributed by atoms with van der Waals surface area (Å²) < 4.78 is 0. The molecule has 0 bridgehead atoms. The zero-order valence-electron chi connectivity index (χ0n) is 9.72. The number of carboxylic acids is 1. The molecule has 4 nitrogen and oxygen atoms in total. The fourth-order valence-electron chi connectivity index (χ4n) is 2.01. The van der Waals surface area contributed by atoms with Crippen molar-refractivity contribution in [1.82, 2.24) is 10.2 Å². The van der Waals surface area contributed by atoms with Gasteiger partial charge in [0, 0.05) is 10.9 Å². The molecular formula is C14H9ClN2O2. The normalized spacial score (nSPS) is 10.8. The average Bonchev–Trinajstić information content (AvgIpc) is 2.82. The molecule has 0 spiro atoms. The predicted octanol–water partition coefficient (Wildman–Crippen LogP) is 3.58. The van der Waals surface area contributed by atoms with Gasteiger partial charge in [0.2, 0.25) is 0 Å². The van der Waals surface area contributed by atoms with Crippen molar-refractivity contribution in [3.63, 3.8) is 0 Å². The third kappa shape index (κ3) is 1.96. The van der Waals surface area contributed by atoms with Gasteiger partial charge in [0.15, 0.2) is 0 Å². The number of aromatic nitrogens is 2. The molecule has 2 aromatic carbocycles. The number of H-pyrrole nitrogens is 1. The SMILES string of the molecule is O=C(O)c1ccc2[nH]nc(-c3ccccc3Cl)c2c1. The highest BCUT2D eigenvalue weighted by Gasteiger charge is 2.13. The molecule has 0 amide bonds. The van der Waals surface area contributed by atoms with E-state index >= 15 is 0 Å². The molecule has 1 aromatic heterocycles. The van der Waals surface area contributed by atoms with E-state index in [0.717, 1.165) is 16.5 Å². The van der Waals surface area contributed by atoms with Crippen LogP contribution in [0.5, 0.6) is 0 Å². The topological polar surface area (TPSA) is 66.0 Å². The predicted molar refractivity (Wildman–Crippen MR) is 73.5 cm³/mol. The summed E-state index contributed by atoms with van der Waals surface area (Å²) in [4.78, 5) is 11.0. The van der Waals surface area contributed by atoms with Gasteiger partial charge in [0.1, 0.15) is 5.69 Å². The molecule has 0 aliphatic carbocycles. The molecule has 0 fully saturated rings. The number of carboxylic acid groups (broad SMARTS) is 1. The minimum atomic E-state index is -0.965. The molecule has 3 aromatic rings. The number of fused-ring (bicyclic) bond motifs is 1. The number of rotatable bonds is 2. The van der Waals surface area contributed by atoms with Crippen molar-refractivity contribution in [1.29, 1.82) is 0 Å². The lowest BCUT2D eigenvalue weighted by molar-refractivity contribution is 0.0697. The van der Waals surface area contributed by atoms with Crippen molar-refractivity contribution in [3.05, 3.63) is 53.1 Å². The lowest BCUT2D eigenvalue weighted by Crippen LogP contribution is -1.94. The van der Waals surface area contributed by atoms with Crippen LogP contribution in [-0.2, 0) is 0 Å². The number of halogens is 1. The Morgan fingerprint density at radius 2 is 2.00 bits per heavy atom. The fraction of sp³-hybridized carbons (Fsp3) is 0. The third-order valence-corrected chi connectivity index (χ3v) is 3.27. The molecule has 3 rings (SSSR count). The van der Waals surface area contributed by atoms with Crippen LogP contribution in [0.3, 0.4) is 0 Å².